The van der Waals surface area contributed by atoms with Gasteiger partial charge in [0.25, 0.3) is 5.91 Å². The second-order valence-electron chi connectivity index (χ2n) is 6.02. The van der Waals surface area contributed by atoms with Crippen molar-refractivity contribution < 1.29 is 14.0 Å². The molecule has 10 nitrogen and oxygen atoms in total. The van der Waals surface area contributed by atoms with Gasteiger partial charge < -0.3 is 14.6 Å². The summed E-state index contributed by atoms with van der Waals surface area (Å²) in [5.74, 6) is 0.558. The smallest absolute Gasteiger partial charge is 0.287 e. The van der Waals surface area contributed by atoms with Crippen LogP contribution < -0.4 is 5.32 Å². The molecule has 0 aliphatic carbocycles. The van der Waals surface area contributed by atoms with Crippen LogP contribution in [0.25, 0.3) is 11.3 Å². The van der Waals surface area contributed by atoms with E-state index in [1.165, 1.54) is 0 Å². The molecule has 0 saturated carbocycles. The van der Waals surface area contributed by atoms with E-state index in [1.54, 1.807) is 35.4 Å². The Labute approximate surface area is 148 Å². The predicted octanol–water partition coefficient (Wildman–Crippen LogP) is 1.20. The third-order valence-electron chi connectivity index (χ3n) is 3.91. The number of nitrogens with one attached hydrogen (secondary N) is 2. The highest BCUT2D eigenvalue weighted by Crippen LogP contribution is 2.15. The monoisotopic (exact) mass is 355 g/mol. The molecule has 4 rings (SSSR count). The zero-order chi connectivity index (χ0) is 17.9. The van der Waals surface area contributed by atoms with Crippen molar-refractivity contribution in [3.63, 3.8) is 0 Å². The molecule has 1 aliphatic rings. The fraction of sp³-hybridized carbons (Fsp3) is 0.312. The molecule has 3 aromatic rings. The van der Waals surface area contributed by atoms with Crippen molar-refractivity contribution in [3.05, 3.63) is 42.2 Å². The van der Waals surface area contributed by atoms with E-state index >= 15 is 0 Å². The minimum Gasteiger partial charge on any atom is -0.454 e. The van der Waals surface area contributed by atoms with Crippen LogP contribution in [0.4, 0.5) is 0 Å². The molecule has 1 unspecified atom stereocenters. The fourth-order valence-electron chi connectivity index (χ4n) is 2.62. The van der Waals surface area contributed by atoms with Crippen LogP contribution in [0.5, 0.6) is 0 Å². The van der Waals surface area contributed by atoms with Crippen molar-refractivity contribution in [3.8, 4) is 11.3 Å². The topological polar surface area (TPSA) is 123 Å². The highest BCUT2D eigenvalue weighted by atomic mass is 16.6. The molecule has 4 heterocycles. The first-order valence-corrected chi connectivity index (χ1v) is 8.13. The van der Waals surface area contributed by atoms with Gasteiger partial charge in [0.2, 0.25) is 0 Å². The van der Waals surface area contributed by atoms with Crippen molar-refractivity contribution in [2.75, 3.05) is 6.54 Å². The van der Waals surface area contributed by atoms with Gasteiger partial charge in [0, 0.05) is 18.2 Å². The van der Waals surface area contributed by atoms with Crippen molar-refractivity contribution >= 4 is 11.6 Å². The zero-order valence-electron chi connectivity index (χ0n) is 14.0. The summed E-state index contributed by atoms with van der Waals surface area (Å²) in [5, 5.41) is 21.4. The largest absolute Gasteiger partial charge is 0.454 e. The SMILES string of the molecule is CC1=NOC(CNC(=O)c2ccc(Cn3cc(-c4cn[nH]c4)nn3)o2)C1. The average Bonchev–Trinajstić information content (AvgIpc) is 3.41. The normalized spacial score (nSPS) is 16.3. The first-order valence-electron chi connectivity index (χ1n) is 8.13. The van der Waals surface area contributed by atoms with E-state index in [9.17, 15) is 4.79 Å². The fourth-order valence-corrected chi connectivity index (χ4v) is 2.62. The number of nitrogens with zero attached hydrogens (tertiary/aromatic N) is 5. The Hall–Kier alpha value is -3.43. The summed E-state index contributed by atoms with van der Waals surface area (Å²) in [7, 11) is 0. The minimum atomic E-state index is -0.290. The number of amides is 1. The summed E-state index contributed by atoms with van der Waals surface area (Å²) in [6, 6.07) is 3.38. The Bertz CT molecular complexity index is 925. The molecular weight excluding hydrogens is 338 g/mol. The van der Waals surface area contributed by atoms with Gasteiger partial charge in [-0.1, -0.05) is 10.4 Å². The Morgan fingerprint density at radius 3 is 3.15 bits per heavy atom. The van der Waals surface area contributed by atoms with Crippen LogP contribution in [0.2, 0.25) is 0 Å². The van der Waals surface area contributed by atoms with Crippen LogP contribution >= 0.6 is 0 Å². The van der Waals surface area contributed by atoms with Gasteiger partial charge >= 0.3 is 0 Å². The lowest BCUT2D eigenvalue weighted by atomic mass is 10.2. The summed E-state index contributed by atoms with van der Waals surface area (Å²) >= 11 is 0. The highest BCUT2D eigenvalue weighted by Gasteiger charge is 2.20. The quantitative estimate of drug-likeness (QED) is 0.685. The molecule has 10 heteroatoms. The van der Waals surface area contributed by atoms with Crippen LogP contribution in [0.1, 0.15) is 29.7 Å². The Morgan fingerprint density at radius 2 is 2.38 bits per heavy atom. The number of H-pyrrole nitrogens is 1. The third-order valence-corrected chi connectivity index (χ3v) is 3.91. The number of carbonyl (C=O) groups excluding carboxylic acids is 1. The Kier molecular flexibility index (Phi) is 4.22. The predicted molar refractivity (Wildman–Crippen MR) is 90.3 cm³/mol. The van der Waals surface area contributed by atoms with Gasteiger partial charge in [0.05, 0.1) is 24.7 Å². The zero-order valence-corrected chi connectivity index (χ0v) is 14.0. The van der Waals surface area contributed by atoms with Gasteiger partial charge in [0.1, 0.15) is 24.1 Å². The van der Waals surface area contributed by atoms with Crippen LogP contribution in [0, 0.1) is 0 Å². The second-order valence-corrected chi connectivity index (χ2v) is 6.02. The van der Waals surface area contributed by atoms with Gasteiger partial charge in [-0.2, -0.15) is 5.10 Å². The molecule has 2 N–H and O–H groups in total. The molecule has 0 spiro atoms. The number of rotatable bonds is 6. The number of hydrogen-bond donors (Lipinski definition) is 2. The number of furan rings is 1. The van der Waals surface area contributed by atoms with Crippen LogP contribution in [0.3, 0.4) is 0 Å². The summed E-state index contributed by atoms with van der Waals surface area (Å²) in [6.07, 6.45) is 5.79. The molecule has 1 atom stereocenters. The summed E-state index contributed by atoms with van der Waals surface area (Å²) < 4.78 is 7.23. The molecule has 0 fully saturated rings. The molecule has 3 aromatic heterocycles. The van der Waals surface area contributed by atoms with Gasteiger partial charge in [0.15, 0.2) is 5.76 Å². The highest BCUT2D eigenvalue weighted by molar-refractivity contribution is 5.91. The third kappa shape index (κ3) is 3.48. The maximum absolute atomic E-state index is 12.2. The summed E-state index contributed by atoms with van der Waals surface area (Å²) in [5.41, 5.74) is 2.48. The van der Waals surface area contributed by atoms with E-state index in [0.29, 0.717) is 24.5 Å². The molecule has 134 valence electrons. The molecule has 0 radical (unpaired) electrons. The van der Waals surface area contributed by atoms with E-state index in [0.717, 1.165) is 17.7 Å². The van der Waals surface area contributed by atoms with Crippen molar-refractivity contribution in [1.82, 2.24) is 30.5 Å². The van der Waals surface area contributed by atoms with Gasteiger partial charge in [-0.25, -0.2) is 4.68 Å². The standard InChI is InChI=1S/C16H17N7O3/c1-10-4-13(26-21-10)7-17-16(24)15-3-2-12(25-15)8-23-9-14(20-22-23)11-5-18-19-6-11/h2-3,5-6,9,13H,4,7-8H2,1H3,(H,17,24)(H,18,19). The Balaban J connectivity index is 1.33. The second kappa shape index (κ2) is 6.82. The Morgan fingerprint density at radius 1 is 1.46 bits per heavy atom. The van der Waals surface area contributed by atoms with Crippen LogP contribution in [0.15, 0.2) is 40.3 Å². The summed E-state index contributed by atoms with van der Waals surface area (Å²) in [4.78, 5) is 17.4. The number of oxime groups is 1. The van der Waals surface area contributed by atoms with Crippen LogP contribution in [-0.2, 0) is 11.4 Å². The van der Waals surface area contributed by atoms with Crippen molar-refractivity contribution in [2.24, 2.45) is 5.16 Å². The van der Waals surface area contributed by atoms with Crippen molar-refractivity contribution in [2.45, 2.75) is 26.0 Å². The maximum Gasteiger partial charge on any atom is 0.287 e. The minimum absolute atomic E-state index is 0.120. The van der Waals surface area contributed by atoms with Gasteiger partial charge in [-0.15, -0.1) is 5.10 Å². The molecule has 0 bridgehead atoms. The van der Waals surface area contributed by atoms with Crippen LogP contribution in [-0.4, -0.2) is 49.5 Å². The number of aromatic nitrogens is 5. The number of hydrogen-bond acceptors (Lipinski definition) is 7. The van der Waals surface area contributed by atoms with E-state index in [1.807, 2.05) is 6.92 Å². The molecule has 1 aliphatic heterocycles. The molecular formula is C16H17N7O3. The van der Waals surface area contributed by atoms with Gasteiger partial charge in [-0.3, -0.25) is 9.89 Å². The summed E-state index contributed by atoms with van der Waals surface area (Å²) in [6.45, 7) is 2.65. The molecule has 0 saturated heterocycles. The average molecular weight is 355 g/mol. The number of aromatic amines is 1. The van der Waals surface area contributed by atoms with E-state index in [4.69, 9.17) is 9.25 Å². The van der Waals surface area contributed by atoms with E-state index < -0.39 is 0 Å². The molecule has 26 heavy (non-hydrogen) atoms. The molecule has 1 amide bonds. The van der Waals surface area contributed by atoms with E-state index in [-0.39, 0.29) is 17.8 Å². The molecule has 0 aromatic carbocycles. The lowest BCUT2D eigenvalue weighted by Gasteiger charge is -2.08. The van der Waals surface area contributed by atoms with Crippen molar-refractivity contribution in [1.29, 1.82) is 0 Å². The van der Waals surface area contributed by atoms with Gasteiger partial charge in [-0.05, 0) is 19.1 Å². The maximum atomic E-state index is 12.2. The number of carbonyl (C=O) groups is 1. The lowest BCUT2D eigenvalue weighted by Crippen LogP contribution is -2.31. The first-order chi connectivity index (χ1) is 12.7. The lowest BCUT2D eigenvalue weighted by molar-refractivity contribution is 0.0739. The first kappa shape index (κ1) is 16.1. The van der Waals surface area contributed by atoms with E-state index in [2.05, 4.69) is 31.0 Å².